The van der Waals surface area contributed by atoms with Crippen LogP contribution < -0.4 is 5.43 Å². The summed E-state index contributed by atoms with van der Waals surface area (Å²) in [5, 5.41) is 1.94. The van der Waals surface area contributed by atoms with E-state index in [0.717, 1.165) is 15.5 Å². The highest BCUT2D eigenvalue weighted by molar-refractivity contribution is 9.13. The Morgan fingerprint density at radius 3 is 2.46 bits per heavy atom. The van der Waals surface area contributed by atoms with Crippen LogP contribution in [0.4, 0.5) is 0 Å². The molecule has 0 fully saturated rings. The Kier molecular flexibility index (Phi) is 4.38. The van der Waals surface area contributed by atoms with Gasteiger partial charge in [-0.3, -0.25) is 10.4 Å². The lowest BCUT2D eigenvalue weighted by Crippen LogP contribution is -2.29. The molecule has 1 aromatic carbocycles. The highest BCUT2D eigenvalue weighted by Gasteiger charge is 1.98. The smallest absolute Gasteiger partial charge is 0.0353 e. The largest absolute Gasteiger partial charge is 0.251 e. The maximum atomic E-state index is 3.46. The lowest BCUT2D eigenvalue weighted by molar-refractivity contribution is 0.286. The Morgan fingerprint density at radius 1 is 1.23 bits per heavy atom. The van der Waals surface area contributed by atoms with Crippen molar-refractivity contribution < 1.29 is 0 Å². The fourth-order valence-electron chi connectivity index (χ4n) is 0.899. The molecule has 0 bridgehead atoms. The maximum Gasteiger partial charge on any atom is 0.0353 e. The summed E-state index contributed by atoms with van der Waals surface area (Å²) in [6.07, 6.45) is 0. The van der Waals surface area contributed by atoms with E-state index in [1.54, 1.807) is 0 Å². The number of hydrogen-bond acceptors (Lipinski definition) is 2. The fraction of sp³-hybridized carbons (Fsp3) is 0.333. The molecule has 0 aliphatic carbocycles. The van der Waals surface area contributed by atoms with Crippen molar-refractivity contribution in [3.05, 3.63) is 32.7 Å². The van der Waals surface area contributed by atoms with Gasteiger partial charge in [-0.2, -0.15) is 0 Å². The van der Waals surface area contributed by atoms with Crippen LogP contribution in [0.2, 0.25) is 0 Å². The molecule has 0 saturated heterocycles. The number of hydrazine groups is 1. The zero-order chi connectivity index (χ0) is 9.84. The van der Waals surface area contributed by atoms with Gasteiger partial charge in [0.25, 0.3) is 0 Å². The van der Waals surface area contributed by atoms with Crippen molar-refractivity contribution in [3.8, 4) is 0 Å². The van der Waals surface area contributed by atoms with Gasteiger partial charge in [0, 0.05) is 29.6 Å². The molecule has 0 unspecified atom stereocenters. The van der Waals surface area contributed by atoms with E-state index in [9.17, 15) is 0 Å². The van der Waals surface area contributed by atoms with Gasteiger partial charge < -0.3 is 0 Å². The van der Waals surface area contributed by atoms with E-state index in [1.807, 2.05) is 25.2 Å². The third-order valence-electron chi connectivity index (χ3n) is 1.58. The summed E-state index contributed by atoms with van der Waals surface area (Å²) in [6, 6.07) is 6.22. The van der Waals surface area contributed by atoms with E-state index in [4.69, 9.17) is 0 Å². The summed E-state index contributed by atoms with van der Waals surface area (Å²) in [5.74, 6) is 0. The minimum absolute atomic E-state index is 0.846. The molecule has 0 radical (unpaired) electrons. The summed E-state index contributed by atoms with van der Waals surface area (Å²) < 4.78 is 2.17. The Balaban J connectivity index is 2.63. The van der Waals surface area contributed by atoms with E-state index in [2.05, 4.69) is 49.4 Å². The molecule has 1 rings (SSSR count). The van der Waals surface area contributed by atoms with Crippen molar-refractivity contribution in [2.75, 3.05) is 14.1 Å². The molecule has 2 nitrogen and oxygen atoms in total. The number of nitrogens with one attached hydrogen (secondary N) is 1. The van der Waals surface area contributed by atoms with Gasteiger partial charge in [0.1, 0.15) is 0 Å². The van der Waals surface area contributed by atoms with E-state index in [1.165, 1.54) is 5.56 Å². The zero-order valence-corrected chi connectivity index (χ0v) is 10.8. The van der Waals surface area contributed by atoms with Crippen molar-refractivity contribution in [2.45, 2.75) is 6.54 Å². The van der Waals surface area contributed by atoms with Crippen molar-refractivity contribution in [3.63, 3.8) is 0 Å². The molecule has 1 N–H and O–H groups in total. The van der Waals surface area contributed by atoms with Crippen LogP contribution in [0.15, 0.2) is 27.1 Å². The molecule has 13 heavy (non-hydrogen) atoms. The van der Waals surface area contributed by atoms with E-state index < -0.39 is 0 Å². The second-order valence-corrected chi connectivity index (χ2v) is 4.69. The Labute approximate surface area is 95.5 Å². The lowest BCUT2D eigenvalue weighted by atomic mass is 10.2. The van der Waals surface area contributed by atoms with Gasteiger partial charge in [-0.1, -0.05) is 6.07 Å². The summed E-state index contributed by atoms with van der Waals surface area (Å²) in [4.78, 5) is 0. The average molecular weight is 308 g/mol. The molecule has 0 heterocycles. The van der Waals surface area contributed by atoms with Gasteiger partial charge in [0.05, 0.1) is 0 Å². The van der Waals surface area contributed by atoms with E-state index >= 15 is 0 Å². The monoisotopic (exact) mass is 306 g/mol. The van der Waals surface area contributed by atoms with Crippen LogP contribution >= 0.6 is 31.9 Å². The first-order valence-corrected chi connectivity index (χ1v) is 5.53. The maximum absolute atomic E-state index is 3.46. The Hall–Kier alpha value is 0.1000. The Morgan fingerprint density at radius 2 is 1.92 bits per heavy atom. The van der Waals surface area contributed by atoms with Crippen LogP contribution in [0, 0.1) is 0 Å². The molecule has 72 valence electrons. The topological polar surface area (TPSA) is 15.3 Å². The van der Waals surface area contributed by atoms with E-state index in [0.29, 0.717) is 0 Å². The summed E-state index contributed by atoms with van der Waals surface area (Å²) in [5.41, 5.74) is 4.46. The summed E-state index contributed by atoms with van der Waals surface area (Å²) in [7, 11) is 3.96. The first-order chi connectivity index (χ1) is 6.09. The van der Waals surface area contributed by atoms with Gasteiger partial charge in [0.2, 0.25) is 0 Å². The van der Waals surface area contributed by atoms with Gasteiger partial charge in [-0.15, -0.1) is 0 Å². The van der Waals surface area contributed by atoms with Gasteiger partial charge >= 0.3 is 0 Å². The van der Waals surface area contributed by atoms with Crippen LogP contribution in [0.3, 0.4) is 0 Å². The number of nitrogens with zero attached hydrogens (tertiary/aromatic N) is 1. The zero-order valence-electron chi connectivity index (χ0n) is 7.64. The van der Waals surface area contributed by atoms with Gasteiger partial charge in [-0.05, 0) is 49.6 Å². The van der Waals surface area contributed by atoms with E-state index in [-0.39, 0.29) is 0 Å². The van der Waals surface area contributed by atoms with Crippen molar-refractivity contribution >= 4 is 31.9 Å². The normalized spacial score (nSPS) is 10.8. The predicted octanol–water partition coefficient (Wildman–Crippen LogP) is 2.78. The summed E-state index contributed by atoms with van der Waals surface area (Å²) in [6.45, 7) is 0.846. The van der Waals surface area contributed by atoms with Crippen molar-refractivity contribution in [2.24, 2.45) is 0 Å². The van der Waals surface area contributed by atoms with Gasteiger partial charge in [0.15, 0.2) is 0 Å². The Bertz CT molecular complexity index is 287. The number of rotatable bonds is 3. The fourth-order valence-corrected chi connectivity index (χ4v) is 1.57. The quantitative estimate of drug-likeness (QED) is 0.864. The van der Waals surface area contributed by atoms with Crippen LogP contribution in [0.5, 0.6) is 0 Å². The van der Waals surface area contributed by atoms with Crippen LogP contribution in [0.1, 0.15) is 5.56 Å². The average Bonchev–Trinajstić information content (AvgIpc) is 2.07. The molecule has 0 atom stereocenters. The minimum atomic E-state index is 0.846. The molecule has 0 amide bonds. The third-order valence-corrected chi connectivity index (χ3v) is 3.46. The molecule has 0 aliphatic heterocycles. The SMILES string of the molecule is CN(C)NCc1ccc(Br)c(Br)c1. The molecule has 0 spiro atoms. The molecular formula is C9H12Br2N2. The predicted molar refractivity (Wildman–Crippen MR) is 62.4 cm³/mol. The second kappa shape index (κ2) is 5.10. The molecule has 4 heteroatoms. The van der Waals surface area contributed by atoms with Crippen LogP contribution in [-0.2, 0) is 6.54 Å². The molecule has 1 aromatic rings. The lowest BCUT2D eigenvalue weighted by Gasteiger charge is -2.12. The highest BCUT2D eigenvalue weighted by Crippen LogP contribution is 2.23. The molecule has 0 saturated carbocycles. The minimum Gasteiger partial charge on any atom is -0.251 e. The van der Waals surface area contributed by atoms with Crippen molar-refractivity contribution in [1.82, 2.24) is 10.4 Å². The standard InChI is InChI=1S/C9H12Br2N2/c1-13(2)12-6-7-3-4-8(10)9(11)5-7/h3-5,12H,6H2,1-2H3. The van der Waals surface area contributed by atoms with Gasteiger partial charge in [-0.25, -0.2) is 0 Å². The number of benzene rings is 1. The molecule has 0 aromatic heterocycles. The van der Waals surface area contributed by atoms with Crippen LogP contribution in [0.25, 0.3) is 0 Å². The summed E-state index contributed by atoms with van der Waals surface area (Å²) >= 11 is 6.90. The molecule has 0 aliphatic rings. The first kappa shape index (κ1) is 11.2. The molecular weight excluding hydrogens is 296 g/mol. The first-order valence-electron chi connectivity index (χ1n) is 3.94. The number of hydrogen-bond donors (Lipinski definition) is 1. The van der Waals surface area contributed by atoms with Crippen molar-refractivity contribution in [1.29, 1.82) is 0 Å². The third kappa shape index (κ3) is 3.77. The second-order valence-electron chi connectivity index (χ2n) is 2.98. The van der Waals surface area contributed by atoms with Crippen LogP contribution in [-0.4, -0.2) is 19.1 Å². The number of halogens is 2. The highest BCUT2D eigenvalue weighted by atomic mass is 79.9.